The monoisotopic (exact) mass is 707 g/mol. The van der Waals surface area contributed by atoms with E-state index in [-0.39, 0.29) is 29.7 Å². The highest BCUT2D eigenvalue weighted by Crippen LogP contribution is 2.33. The maximum absolute atomic E-state index is 13.4. The molecule has 0 aliphatic carbocycles. The van der Waals surface area contributed by atoms with Gasteiger partial charge in [-0.3, -0.25) is 25.5 Å². The lowest BCUT2D eigenvalue weighted by molar-refractivity contribution is -0.117. The van der Waals surface area contributed by atoms with E-state index < -0.39 is 0 Å². The smallest absolute Gasteiger partial charge is 0.324 e. The number of amides is 3. The van der Waals surface area contributed by atoms with Gasteiger partial charge in [0.2, 0.25) is 0 Å². The Morgan fingerprint density at radius 1 is 1.02 bits per heavy atom. The fourth-order valence-electron chi connectivity index (χ4n) is 5.30. The quantitative estimate of drug-likeness (QED) is 0.106. The van der Waals surface area contributed by atoms with E-state index in [0.717, 1.165) is 32.6 Å². The lowest BCUT2D eigenvalue weighted by Crippen LogP contribution is -2.34. The number of aryl methyl sites for hydroxylation is 1. The van der Waals surface area contributed by atoms with E-state index in [4.69, 9.17) is 14.6 Å². The second-order valence-electron chi connectivity index (χ2n) is 12.9. The molecule has 0 bridgehead atoms. The van der Waals surface area contributed by atoms with Gasteiger partial charge >= 0.3 is 6.03 Å². The van der Waals surface area contributed by atoms with E-state index in [1.165, 1.54) is 0 Å². The number of anilines is 3. The minimum Gasteiger partial charge on any atom is -0.488 e. The van der Waals surface area contributed by atoms with E-state index in [2.05, 4.69) is 52.1 Å². The first-order valence-corrected chi connectivity index (χ1v) is 17.3. The van der Waals surface area contributed by atoms with Gasteiger partial charge in [-0.05, 0) is 42.8 Å². The van der Waals surface area contributed by atoms with Gasteiger partial charge in [-0.15, -0.1) is 11.3 Å². The van der Waals surface area contributed by atoms with Crippen LogP contribution < -0.4 is 26.1 Å². The van der Waals surface area contributed by atoms with Crippen molar-refractivity contribution in [3.63, 3.8) is 0 Å². The van der Waals surface area contributed by atoms with Gasteiger partial charge in [0.1, 0.15) is 29.7 Å². The Hall–Kier alpha value is -5.73. The lowest BCUT2D eigenvalue weighted by atomic mass is 9.92. The Balaban J connectivity index is 1.12. The number of ether oxygens (including phenoxy) is 2. The molecular weight excluding hydrogens is 667 g/mol. The second kappa shape index (κ2) is 15.4. The number of nitrogens with zero attached hydrogens (tertiary/aromatic N) is 5. The number of carbonyl (C=O) groups excluding carboxylic acids is 2. The number of thiophene rings is 1. The first-order valence-electron chi connectivity index (χ1n) is 16.5. The second-order valence-corrected chi connectivity index (χ2v) is 14.0. The topological polar surface area (TPSA) is 147 Å². The molecule has 5 aromatic rings. The van der Waals surface area contributed by atoms with Crippen LogP contribution in [-0.2, 0) is 21.6 Å². The van der Waals surface area contributed by atoms with Crippen LogP contribution in [0, 0.1) is 6.92 Å². The number of hydrogen-bond acceptors (Lipinski definition) is 10. The third kappa shape index (κ3) is 8.71. The van der Waals surface area contributed by atoms with Crippen LogP contribution in [0.3, 0.4) is 0 Å². The van der Waals surface area contributed by atoms with Crippen molar-refractivity contribution in [2.75, 3.05) is 42.9 Å². The molecule has 4 heterocycles. The van der Waals surface area contributed by atoms with Crippen LogP contribution in [0.2, 0.25) is 0 Å². The highest BCUT2D eigenvalue weighted by atomic mass is 32.1. The van der Waals surface area contributed by atoms with E-state index in [0.29, 0.717) is 42.8 Å². The van der Waals surface area contributed by atoms with Crippen molar-refractivity contribution < 1.29 is 19.1 Å². The molecule has 264 valence electrons. The average Bonchev–Trinajstić information content (AvgIpc) is 3.74. The third-order valence-corrected chi connectivity index (χ3v) is 8.75. The minimum absolute atomic E-state index is 0.197. The number of methoxy groups -OCH3 is 1. The van der Waals surface area contributed by atoms with Gasteiger partial charge < -0.3 is 20.1 Å². The van der Waals surface area contributed by atoms with Gasteiger partial charge in [-0.25, -0.2) is 14.5 Å². The number of aliphatic imine (C=N–C) groups is 1. The molecule has 0 saturated heterocycles. The zero-order valence-electron chi connectivity index (χ0n) is 29.2. The first-order chi connectivity index (χ1) is 24.6. The minimum atomic E-state index is -0.382. The Morgan fingerprint density at radius 2 is 1.84 bits per heavy atom. The standard InChI is InChI=1S/C37H41N9O4S/c1-24-18-26(23-51-24)46-34(20-32(43-46)37(2,3)4)42-36(48)41-29-10-11-31(28-9-7-6-8-27(28)29)50-22-25-12-13-39-33(19-25)44-45-16-14-38-30(21-45)35(47)40-15-17-49-5/h6-14,18-21,23H,15-17,22H2,1-5H3,(H,39,44)(H,40,47)(H2,41,42,48). The highest BCUT2D eigenvalue weighted by molar-refractivity contribution is 7.10. The summed E-state index contributed by atoms with van der Waals surface area (Å²) in [6.07, 6.45) is 4.99. The molecule has 6 rings (SSSR count). The van der Waals surface area contributed by atoms with Gasteiger partial charge in [0.05, 0.1) is 36.4 Å². The van der Waals surface area contributed by atoms with Crippen molar-refractivity contribution in [1.82, 2.24) is 25.1 Å². The molecule has 1 aliphatic rings. The van der Waals surface area contributed by atoms with E-state index in [1.807, 2.05) is 73.0 Å². The van der Waals surface area contributed by atoms with Crippen molar-refractivity contribution in [1.29, 1.82) is 0 Å². The van der Waals surface area contributed by atoms with Crippen LogP contribution in [0.15, 0.2) is 89.1 Å². The van der Waals surface area contributed by atoms with Crippen LogP contribution in [0.25, 0.3) is 16.5 Å². The molecule has 14 heteroatoms. The summed E-state index contributed by atoms with van der Waals surface area (Å²) in [6.45, 7) is 9.87. The van der Waals surface area contributed by atoms with Gasteiger partial charge in [-0.1, -0.05) is 45.0 Å². The van der Waals surface area contributed by atoms with E-state index in [1.54, 1.807) is 46.7 Å². The fourth-order valence-corrected chi connectivity index (χ4v) is 5.96. The van der Waals surface area contributed by atoms with Gasteiger partial charge in [0, 0.05) is 58.6 Å². The summed E-state index contributed by atoms with van der Waals surface area (Å²) in [5, 5.41) is 19.1. The van der Waals surface area contributed by atoms with Crippen LogP contribution in [0.5, 0.6) is 5.75 Å². The van der Waals surface area contributed by atoms with Crippen LogP contribution in [0.1, 0.15) is 36.9 Å². The molecular formula is C37H41N9O4S. The zero-order valence-corrected chi connectivity index (χ0v) is 30.0. The molecule has 0 radical (unpaired) electrons. The van der Waals surface area contributed by atoms with E-state index in [9.17, 15) is 9.59 Å². The van der Waals surface area contributed by atoms with Crippen LogP contribution in [0.4, 0.5) is 22.1 Å². The van der Waals surface area contributed by atoms with Crippen molar-refractivity contribution in [2.45, 2.75) is 39.7 Å². The number of aromatic nitrogens is 3. The number of rotatable bonds is 12. The molecule has 1 aliphatic heterocycles. The summed E-state index contributed by atoms with van der Waals surface area (Å²) < 4.78 is 13.1. The highest BCUT2D eigenvalue weighted by Gasteiger charge is 2.22. The normalized spacial score (nSPS) is 12.8. The average molecular weight is 708 g/mol. The van der Waals surface area contributed by atoms with Crippen molar-refractivity contribution in [2.24, 2.45) is 4.99 Å². The van der Waals surface area contributed by atoms with Crippen LogP contribution in [-0.4, -0.2) is 64.7 Å². The number of nitrogens with one attached hydrogen (secondary N) is 4. The molecule has 0 unspecified atom stereocenters. The SMILES string of the molecule is COCCNC(=O)C1=CN(Nc2cc(COc3ccc(NC(=O)Nc4cc(C(C)(C)C)nn4-c4csc(C)c4)c4ccccc34)ccn2)CC=N1. The zero-order chi connectivity index (χ0) is 36.0. The van der Waals surface area contributed by atoms with Crippen molar-refractivity contribution >= 4 is 57.6 Å². The Labute approximate surface area is 300 Å². The summed E-state index contributed by atoms with van der Waals surface area (Å²) in [5.74, 6) is 1.55. The summed E-state index contributed by atoms with van der Waals surface area (Å²) in [4.78, 5) is 35.6. The number of benzene rings is 2. The van der Waals surface area contributed by atoms with Crippen LogP contribution >= 0.6 is 11.3 Å². The van der Waals surface area contributed by atoms with Gasteiger partial charge in [0.25, 0.3) is 5.91 Å². The van der Waals surface area contributed by atoms with E-state index >= 15 is 0 Å². The molecule has 2 aromatic carbocycles. The lowest BCUT2D eigenvalue weighted by Gasteiger charge is -2.23. The van der Waals surface area contributed by atoms with Crippen molar-refractivity contribution in [3.8, 4) is 11.4 Å². The number of pyridine rings is 1. The third-order valence-electron chi connectivity index (χ3n) is 7.90. The molecule has 0 spiro atoms. The molecule has 13 nitrogen and oxygen atoms in total. The summed E-state index contributed by atoms with van der Waals surface area (Å²) in [7, 11) is 1.58. The fraction of sp³-hybridized carbons (Fsp3) is 0.270. The summed E-state index contributed by atoms with van der Waals surface area (Å²) >= 11 is 1.63. The maximum atomic E-state index is 13.4. The molecule has 0 saturated carbocycles. The molecule has 4 N–H and O–H groups in total. The first kappa shape index (κ1) is 35.1. The molecule has 51 heavy (non-hydrogen) atoms. The number of hydrazine groups is 1. The molecule has 3 amide bonds. The maximum Gasteiger partial charge on any atom is 0.324 e. The van der Waals surface area contributed by atoms with Crippen molar-refractivity contribution in [3.05, 3.63) is 100 Å². The number of urea groups is 1. The predicted molar refractivity (Wildman–Crippen MR) is 202 cm³/mol. The number of hydrogen-bond donors (Lipinski definition) is 4. The molecule has 0 fully saturated rings. The molecule has 0 atom stereocenters. The summed E-state index contributed by atoms with van der Waals surface area (Å²) in [6, 6.07) is 18.8. The Kier molecular flexibility index (Phi) is 10.6. The molecule has 3 aromatic heterocycles. The van der Waals surface area contributed by atoms with Gasteiger partial charge in [-0.2, -0.15) is 5.10 Å². The van der Waals surface area contributed by atoms with Gasteiger partial charge in [0.15, 0.2) is 0 Å². The number of carbonyl (C=O) groups is 2. The Morgan fingerprint density at radius 3 is 2.61 bits per heavy atom. The predicted octanol–water partition coefficient (Wildman–Crippen LogP) is 6.63. The Bertz CT molecular complexity index is 2100. The summed E-state index contributed by atoms with van der Waals surface area (Å²) in [5.41, 5.74) is 6.59. The number of fused-ring (bicyclic) bond motifs is 1. The largest absolute Gasteiger partial charge is 0.488 e.